The van der Waals surface area contributed by atoms with Crippen LogP contribution >= 0.6 is 0 Å². The topological polar surface area (TPSA) is 99.8 Å². The Balaban J connectivity index is 1.53. The first-order chi connectivity index (χ1) is 12.5. The highest BCUT2D eigenvalue weighted by molar-refractivity contribution is 5.84. The van der Waals surface area contributed by atoms with Gasteiger partial charge in [-0.25, -0.2) is 9.78 Å². The van der Waals surface area contributed by atoms with Gasteiger partial charge < -0.3 is 15.7 Å². The minimum absolute atomic E-state index is 0.241. The van der Waals surface area contributed by atoms with Crippen molar-refractivity contribution in [1.29, 1.82) is 0 Å². The maximum Gasteiger partial charge on any atom is 0.407 e. The Labute approximate surface area is 152 Å². The second kappa shape index (κ2) is 8.03. The van der Waals surface area contributed by atoms with Crippen molar-refractivity contribution in [1.82, 2.24) is 9.88 Å². The number of primary amides is 1. The van der Waals surface area contributed by atoms with Gasteiger partial charge in [-0.1, -0.05) is 24.3 Å². The standard InChI is InChI=1S/C19H24N4O3/c20-17(24)13-23(19(25)26)10-7-14-5-8-22(9-6-14)18-11-15-3-1-2-4-16(15)12-21-18/h1-4,11-12,14H,5-10,13H2,(H2,20,24)(H,25,26). The number of rotatable bonds is 6. The third-order valence-electron chi connectivity index (χ3n) is 4.98. The van der Waals surface area contributed by atoms with E-state index in [1.54, 1.807) is 0 Å². The molecule has 7 heteroatoms. The zero-order chi connectivity index (χ0) is 18.5. The van der Waals surface area contributed by atoms with Gasteiger partial charge in [0.2, 0.25) is 5.91 Å². The van der Waals surface area contributed by atoms with Crippen LogP contribution < -0.4 is 10.6 Å². The molecule has 1 saturated heterocycles. The highest BCUT2D eigenvalue weighted by Gasteiger charge is 2.22. The number of pyridine rings is 1. The van der Waals surface area contributed by atoms with Crippen LogP contribution in [0.2, 0.25) is 0 Å². The van der Waals surface area contributed by atoms with Gasteiger partial charge in [0.25, 0.3) is 0 Å². The van der Waals surface area contributed by atoms with Gasteiger partial charge in [0.15, 0.2) is 0 Å². The predicted molar refractivity (Wildman–Crippen MR) is 100 cm³/mol. The van der Waals surface area contributed by atoms with Crippen LogP contribution in [0.15, 0.2) is 36.5 Å². The van der Waals surface area contributed by atoms with Crippen LogP contribution in [0.3, 0.4) is 0 Å². The first kappa shape index (κ1) is 18.0. The second-order valence-electron chi connectivity index (χ2n) is 6.78. The number of hydrogen-bond donors (Lipinski definition) is 2. The molecular weight excluding hydrogens is 332 g/mol. The fraction of sp³-hybridized carbons (Fsp3) is 0.421. The van der Waals surface area contributed by atoms with E-state index in [-0.39, 0.29) is 6.54 Å². The highest BCUT2D eigenvalue weighted by atomic mass is 16.4. The molecule has 0 spiro atoms. The van der Waals surface area contributed by atoms with Crippen molar-refractivity contribution in [3.8, 4) is 0 Å². The summed E-state index contributed by atoms with van der Waals surface area (Å²) in [7, 11) is 0. The van der Waals surface area contributed by atoms with E-state index in [1.165, 1.54) is 5.39 Å². The largest absolute Gasteiger partial charge is 0.465 e. The average molecular weight is 356 g/mol. The quantitative estimate of drug-likeness (QED) is 0.827. The maximum atomic E-state index is 11.2. The summed E-state index contributed by atoms with van der Waals surface area (Å²) in [5.41, 5.74) is 5.10. The van der Waals surface area contributed by atoms with Crippen LogP contribution in [-0.4, -0.2) is 53.2 Å². The molecule has 2 aromatic rings. The molecule has 1 fully saturated rings. The monoisotopic (exact) mass is 356 g/mol. The molecule has 1 aromatic carbocycles. The second-order valence-corrected chi connectivity index (χ2v) is 6.78. The van der Waals surface area contributed by atoms with E-state index in [4.69, 9.17) is 10.8 Å². The van der Waals surface area contributed by atoms with Crippen LogP contribution in [0.5, 0.6) is 0 Å². The lowest BCUT2D eigenvalue weighted by molar-refractivity contribution is -0.118. The molecule has 0 radical (unpaired) electrons. The van der Waals surface area contributed by atoms with Crippen molar-refractivity contribution < 1.29 is 14.7 Å². The summed E-state index contributed by atoms with van der Waals surface area (Å²) in [6.45, 7) is 1.91. The molecule has 2 amide bonds. The third-order valence-corrected chi connectivity index (χ3v) is 4.98. The van der Waals surface area contributed by atoms with E-state index >= 15 is 0 Å². The Morgan fingerprint density at radius 2 is 1.92 bits per heavy atom. The molecule has 7 nitrogen and oxygen atoms in total. The van der Waals surface area contributed by atoms with E-state index in [2.05, 4.69) is 28.1 Å². The van der Waals surface area contributed by atoms with Gasteiger partial charge in [-0.05, 0) is 36.6 Å². The molecule has 26 heavy (non-hydrogen) atoms. The molecule has 1 aromatic heterocycles. The zero-order valence-electron chi connectivity index (χ0n) is 14.7. The third kappa shape index (κ3) is 4.41. The van der Waals surface area contributed by atoms with Gasteiger partial charge in [-0.2, -0.15) is 0 Å². The number of fused-ring (bicyclic) bond motifs is 1. The molecule has 3 N–H and O–H groups in total. The van der Waals surface area contributed by atoms with Crippen molar-refractivity contribution in [3.63, 3.8) is 0 Å². The number of amides is 2. The van der Waals surface area contributed by atoms with Crippen LogP contribution in [0.1, 0.15) is 19.3 Å². The van der Waals surface area contributed by atoms with Gasteiger partial charge >= 0.3 is 6.09 Å². The summed E-state index contributed by atoms with van der Waals surface area (Å²) in [4.78, 5) is 30.1. The fourth-order valence-electron chi connectivity index (χ4n) is 3.46. The number of nitrogens with two attached hydrogens (primary N) is 1. The summed E-state index contributed by atoms with van der Waals surface area (Å²) >= 11 is 0. The normalized spacial score (nSPS) is 15.2. The molecule has 1 aliphatic heterocycles. The highest BCUT2D eigenvalue weighted by Crippen LogP contribution is 2.26. The summed E-state index contributed by atoms with van der Waals surface area (Å²) < 4.78 is 0. The number of piperidine rings is 1. The minimum Gasteiger partial charge on any atom is -0.465 e. The predicted octanol–water partition coefficient (Wildman–Crippen LogP) is 2.31. The molecule has 138 valence electrons. The van der Waals surface area contributed by atoms with Gasteiger partial charge in [0, 0.05) is 31.2 Å². The fourth-order valence-corrected chi connectivity index (χ4v) is 3.46. The molecule has 2 heterocycles. The van der Waals surface area contributed by atoms with Crippen molar-refractivity contribution >= 4 is 28.6 Å². The summed E-state index contributed by atoms with van der Waals surface area (Å²) in [5, 5.41) is 11.4. The number of carbonyl (C=O) groups excluding carboxylic acids is 1. The summed E-state index contributed by atoms with van der Waals surface area (Å²) in [6, 6.07) is 10.3. The van der Waals surface area contributed by atoms with Gasteiger partial charge in [0.1, 0.15) is 12.4 Å². The Hall–Kier alpha value is -2.83. The van der Waals surface area contributed by atoms with Crippen LogP contribution in [-0.2, 0) is 4.79 Å². The molecule has 0 aliphatic carbocycles. The number of aromatic nitrogens is 1. The number of hydrogen-bond acceptors (Lipinski definition) is 4. The Kier molecular flexibility index (Phi) is 5.55. The van der Waals surface area contributed by atoms with Crippen LogP contribution in [0, 0.1) is 5.92 Å². The Morgan fingerprint density at radius 1 is 1.23 bits per heavy atom. The number of anilines is 1. The van der Waals surface area contributed by atoms with Crippen molar-refractivity contribution in [2.75, 3.05) is 31.1 Å². The van der Waals surface area contributed by atoms with Crippen molar-refractivity contribution in [2.45, 2.75) is 19.3 Å². The smallest absolute Gasteiger partial charge is 0.407 e. The van der Waals surface area contributed by atoms with E-state index in [0.717, 1.165) is 48.5 Å². The van der Waals surface area contributed by atoms with Gasteiger partial charge in [-0.3, -0.25) is 9.69 Å². The van der Waals surface area contributed by atoms with Crippen LogP contribution in [0.25, 0.3) is 10.8 Å². The SMILES string of the molecule is NC(=O)CN(CCC1CCN(c2cc3ccccc3cn2)CC1)C(=O)O. The summed E-state index contributed by atoms with van der Waals surface area (Å²) in [5.74, 6) is 0.814. The minimum atomic E-state index is -1.10. The van der Waals surface area contributed by atoms with E-state index < -0.39 is 12.0 Å². The van der Waals surface area contributed by atoms with E-state index in [9.17, 15) is 9.59 Å². The molecule has 3 rings (SSSR count). The number of benzene rings is 1. The number of nitrogens with zero attached hydrogens (tertiary/aromatic N) is 3. The summed E-state index contributed by atoms with van der Waals surface area (Å²) in [6.07, 6.45) is 3.53. The van der Waals surface area contributed by atoms with Crippen LogP contribution in [0.4, 0.5) is 10.6 Å². The van der Waals surface area contributed by atoms with Gasteiger partial charge in [0.05, 0.1) is 0 Å². The maximum absolute atomic E-state index is 11.2. The molecule has 0 unspecified atom stereocenters. The van der Waals surface area contributed by atoms with Crippen molar-refractivity contribution in [3.05, 3.63) is 36.5 Å². The average Bonchev–Trinajstić information content (AvgIpc) is 2.64. The number of carbonyl (C=O) groups is 2. The lowest BCUT2D eigenvalue weighted by Crippen LogP contribution is -2.40. The molecule has 1 aliphatic rings. The first-order valence-electron chi connectivity index (χ1n) is 8.89. The Morgan fingerprint density at radius 3 is 2.58 bits per heavy atom. The Bertz CT molecular complexity index is 787. The zero-order valence-corrected chi connectivity index (χ0v) is 14.7. The lowest BCUT2D eigenvalue weighted by atomic mass is 9.93. The van der Waals surface area contributed by atoms with Crippen molar-refractivity contribution in [2.24, 2.45) is 11.7 Å². The molecular formula is C19H24N4O3. The van der Waals surface area contributed by atoms with E-state index in [1.807, 2.05) is 18.3 Å². The number of carboxylic acid groups (broad SMARTS) is 1. The molecule has 0 atom stereocenters. The lowest BCUT2D eigenvalue weighted by Gasteiger charge is -2.33. The van der Waals surface area contributed by atoms with Gasteiger partial charge in [-0.15, -0.1) is 0 Å². The molecule has 0 bridgehead atoms. The molecule has 0 saturated carbocycles. The first-order valence-corrected chi connectivity index (χ1v) is 8.89. The van der Waals surface area contributed by atoms with E-state index in [0.29, 0.717) is 12.5 Å².